The number of esters is 1. The summed E-state index contributed by atoms with van der Waals surface area (Å²) in [6.45, 7) is 3.92. The normalized spacial score (nSPS) is 24.6. The van der Waals surface area contributed by atoms with Gasteiger partial charge in [-0.25, -0.2) is 18.3 Å². The van der Waals surface area contributed by atoms with Crippen molar-refractivity contribution in [3.05, 3.63) is 36.7 Å². The van der Waals surface area contributed by atoms with E-state index in [0.717, 1.165) is 10.9 Å². The summed E-state index contributed by atoms with van der Waals surface area (Å²) in [6, 6.07) is 6.73. The molecular formula is C24H31ClF2N7O7P. The Hall–Kier alpha value is -3.14. The average molecular weight is 634 g/mol. The lowest BCUT2D eigenvalue weighted by Crippen LogP contribution is -2.48. The van der Waals surface area contributed by atoms with Crippen LogP contribution in [0.3, 0.4) is 0 Å². The molecule has 1 saturated heterocycles. The van der Waals surface area contributed by atoms with Crippen molar-refractivity contribution < 1.29 is 41.8 Å². The lowest BCUT2D eigenvalue weighted by Gasteiger charge is -2.29. The first-order valence-corrected chi connectivity index (χ1v) is 14.7. The Morgan fingerprint density at radius 1 is 1.29 bits per heavy atom. The molecule has 1 fully saturated rings. The minimum absolute atomic E-state index is 0.00790. The number of alkyl halides is 3. The Bertz CT molecular complexity index is 1450. The Morgan fingerprint density at radius 2 is 1.98 bits per heavy atom. The third-order valence-corrected chi connectivity index (χ3v) is 8.40. The largest absolute Gasteiger partial charge is 0.462 e. The van der Waals surface area contributed by atoms with E-state index in [1.807, 2.05) is 0 Å². The van der Waals surface area contributed by atoms with Gasteiger partial charge >= 0.3 is 13.7 Å². The molecule has 4 rings (SSSR count). The highest BCUT2D eigenvalue weighted by atomic mass is 35.5. The summed E-state index contributed by atoms with van der Waals surface area (Å²) in [5.41, 5.74) is 5.97. The number of benzene rings is 1. The van der Waals surface area contributed by atoms with Gasteiger partial charge in [-0.05, 0) is 32.9 Å². The molecule has 2 aromatic heterocycles. The first kappa shape index (κ1) is 31.8. The number of aliphatic hydroxyl groups excluding tert-OH is 1. The predicted octanol–water partition coefficient (Wildman–Crippen LogP) is 3.08. The quantitative estimate of drug-likeness (QED) is 0.130. The molecule has 3 heterocycles. The van der Waals surface area contributed by atoms with Crippen molar-refractivity contribution in [1.82, 2.24) is 24.6 Å². The third-order valence-electron chi connectivity index (χ3n) is 6.19. The van der Waals surface area contributed by atoms with Gasteiger partial charge in [-0.2, -0.15) is 15.1 Å². The Balaban J connectivity index is 1.62. The third kappa shape index (κ3) is 6.43. The molecule has 5 N–H and O–H groups in total. The number of ether oxygens (including phenoxy) is 2. The molecule has 0 aliphatic carbocycles. The topological polar surface area (TPSA) is 185 Å². The number of aromatic nitrogens is 4. The lowest BCUT2D eigenvalue weighted by atomic mass is 9.99. The Morgan fingerprint density at radius 3 is 2.60 bits per heavy atom. The van der Waals surface area contributed by atoms with Crippen LogP contribution in [0, 0.1) is 0 Å². The molecule has 3 aromatic rings. The number of nitrogens with two attached hydrogens (primary N) is 1. The standard InChI is InChI=1S/C24H31ClF2N7O7P/c1-12(2)39-20(36)13(3)33-42(37,41-14-8-6-5-7-9-14)38-10-15-17(35)24(25,21(26)27)22(40-15)34-11-30-16-18(29-4)31-23(28)32-19(16)34/h5-9,11-13,15,17,21-22,35H,10H2,1-4H3,(H,33,37)(H3,28,29,31,32)/t13-,15-,17-,22-,24+,42+/m1/s1. The number of rotatable bonds is 12. The number of aliphatic hydroxyl groups is 1. The van der Waals surface area contributed by atoms with Gasteiger partial charge in [0.2, 0.25) is 5.95 Å². The zero-order chi connectivity index (χ0) is 30.8. The number of hydrogen-bond donors (Lipinski definition) is 4. The van der Waals surface area contributed by atoms with Crippen LogP contribution in [0.1, 0.15) is 27.0 Å². The zero-order valence-corrected chi connectivity index (χ0v) is 24.6. The van der Waals surface area contributed by atoms with Crippen molar-refractivity contribution in [3.8, 4) is 5.75 Å². The van der Waals surface area contributed by atoms with Crippen molar-refractivity contribution in [2.24, 2.45) is 0 Å². The van der Waals surface area contributed by atoms with E-state index in [4.69, 9.17) is 35.9 Å². The van der Waals surface area contributed by atoms with Crippen LogP contribution in [0.2, 0.25) is 0 Å². The zero-order valence-electron chi connectivity index (χ0n) is 23.0. The van der Waals surface area contributed by atoms with E-state index in [1.54, 1.807) is 39.1 Å². The molecule has 6 atom stereocenters. The molecule has 230 valence electrons. The van der Waals surface area contributed by atoms with Crippen molar-refractivity contribution >= 4 is 48.2 Å². The molecule has 0 amide bonds. The second-order valence-corrected chi connectivity index (χ2v) is 12.0. The maximum Gasteiger partial charge on any atom is 0.459 e. The summed E-state index contributed by atoms with van der Waals surface area (Å²) in [4.78, 5) is 21.9. The van der Waals surface area contributed by atoms with Crippen molar-refractivity contribution in [2.45, 2.75) is 62.7 Å². The maximum absolute atomic E-state index is 14.5. The maximum atomic E-state index is 14.5. The Kier molecular flexibility index (Phi) is 9.55. The first-order chi connectivity index (χ1) is 19.8. The predicted molar refractivity (Wildman–Crippen MR) is 148 cm³/mol. The summed E-state index contributed by atoms with van der Waals surface area (Å²) >= 11 is 6.38. The van der Waals surface area contributed by atoms with Crippen LogP contribution in [0.15, 0.2) is 36.7 Å². The molecule has 0 spiro atoms. The molecular weight excluding hydrogens is 603 g/mol. The summed E-state index contributed by atoms with van der Waals surface area (Å²) in [6.07, 6.45) is -7.94. The monoisotopic (exact) mass is 633 g/mol. The average Bonchev–Trinajstić information content (AvgIpc) is 3.45. The summed E-state index contributed by atoms with van der Waals surface area (Å²) < 4.78 is 65.9. The fraction of sp³-hybridized carbons (Fsp3) is 0.500. The SMILES string of the molecule is CNc1nc(N)nc2c1ncn2[C@@H]1O[C@H](CO[P@@](=O)(N[C@H](C)C(=O)OC(C)C)Oc2ccccc2)[C@@H](O)[C@]1(Cl)C(F)F. The molecule has 1 aromatic carbocycles. The summed E-state index contributed by atoms with van der Waals surface area (Å²) in [7, 11) is -2.86. The number of anilines is 2. The second kappa shape index (κ2) is 12.6. The van der Waals surface area contributed by atoms with Crippen LogP contribution in [-0.2, 0) is 23.4 Å². The molecule has 14 nitrogen and oxygen atoms in total. The molecule has 0 unspecified atom stereocenters. The number of hydrogen-bond acceptors (Lipinski definition) is 12. The number of nitrogen functional groups attached to an aromatic ring is 1. The molecule has 18 heteroatoms. The van der Waals surface area contributed by atoms with Crippen molar-refractivity contribution in [3.63, 3.8) is 0 Å². The van der Waals surface area contributed by atoms with Gasteiger partial charge in [0.25, 0.3) is 6.43 Å². The van der Waals surface area contributed by atoms with Gasteiger partial charge in [0.05, 0.1) is 19.0 Å². The number of carbonyl (C=O) groups excluding carboxylic acids is 1. The fourth-order valence-corrected chi connectivity index (χ4v) is 6.01. The molecule has 42 heavy (non-hydrogen) atoms. The van der Waals surface area contributed by atoms with Crippen LogP contribution in [0.4, 0.5) is 20.5 Å². The highest BCUT2D eigenvalue weighted by molar-refractivity contribution is 7.52. The lowest BCUT2D eigenvalue weighted by molar-refractivity contribution is -0.149. The van der Waals surface area contributed by atoms with E-state index in [-0.39, 0.29) is 28.7 Å². The first-order valence-electron chi connectivity index (χ1n) is 12.7. The highest BCUT2D eigenvalue weighted by Crippen LogP contribution is 2.51. The van der Waals surface area contributed by atoms with Gasteiger partial charge in [0.1, 0.15) is 24.0 Å². The molecule has 0 radical (unpaired) electrons. The van der Waals surface area contributed by atoms with E-state index in [1.165, 1.54) is 19.1 Å². The van der Waals surface area contributed by atoms with E-state index in [0.29, 0.717) is 0 Å². The second-order valence-electron chi connectivity index (χ2n) is 9.64. The number of halogens is 3. The van der Waals surface area contributed by atoms with Gasteiger partial charge in [-0.3, -0.25) is 13.9 Å². The minimum Gasteiger partial charge on any atom is -0.462 e. The van der Waals surface area contributed by atoms with Crippen LogP contribution >= 0.6 is 19.3 Å². The number of nitrogens with one attached hydrogen (secondary N) is 2. The van der Waals surface area contributed by atoms with E-state index < -0.39 is 62.2 Å². The molecule has 1 aliphatic heterocycles. The summed E-state index contributed by atoms with van der Waals surface area (Å²) in [5, 5.41) is 16.2. The van der Waals surface area contributed by atoms with E-state index in [9.17, 15) is 23.2 Å². The van der Waals surface area contributed by atoms with Crippen LogP contribution in [-0.4, -0.2) is 79.9 Å². The van der Waals surface area contributed by atoms with Gasteiger partial charge in [0, 0.05) is 7.05 Å². The van der Waals surface area contributed by atoms with Crippen LogP contribution in [0.5, 0.6) is 5.75 Å². The van der Waals surface area contributed by atoms with Crippen LogP contribution < -0.4 is 20.7 Å². The smallest absolute Gasteiger partial charge is 0.459 e. The van der Waals surface area contributed by atoms with Gasteiger partial charge < -0.3 is 30.2 Å². The molecule has 1 aliphatic rings. The Labute approximate surface area is 244 Å². The van der Waals surface area contributed by atoms with Crippen LogP contribution in [0.25, 0.3) is 11.2 Å². The molecule has 0 bridgehead atoms. The van der Waals surface area contributed by atoms with Gasteiger partial charge in [0.15, 0.2) is 28.1 Å². The number of imidazole rings is 1. The van der Waals surface area contributed by atoms with E-state index >= 15 is 0 Å². The minimum atomic E-state index is -4.41. The fourth-order valence-electron chi connectivity index (χ4n) is 4.21. The summed E-state index contributed by atoms with van der Waals surface area (Å²) in [5.74, 6) is -0.582. The van der Waals surface area contributed by atoms with Gasteiger partial charge in [-0.1, -0.05) is 18.2 Å². The number of fused-ring (bicyclic) bond motifs is 1. The molecule has 0 saturated carbocycles. The van der Waals surface area contributed by atoms with E-state index in [2.05, 4.69) is 25.4 Å². The number of carbonyl (C=O) groups is 1. The van der Waals surface area contributed by atoms with Crippen molar-refractivity contribution in [2.75, 3.05) is 24.7 Å². The number of para-hydroxylation sites is 1. The highest BCUT2D eigenvalue weighted by Gasteiger charge is 2.62. The van der Waals surface area contributed by atoms with Gasteiger partial charge in [-0.15, -0.1) is 11.6 Å². The van der Waals surface area contributed by atoms with Crippen molar-refractivity contribution in [1.29, 1.82) is 0 Å². The number of nitrogens with zero attached hydrogens (tertiary/aromatic N) is 4.